The molecule has 324 valence electrons. The zero-order valence-electron chi connectivity index (χ0n) is 37.9. The molecule has 0 spiro atoms. The second kappa shape index (κ2) is 20.0. The predicted octanol–water partition coefficient (Wildman–Crippen LogP) is 18.6. The van der Waals surface area contributed by atoms with Crippen molar-refractivity contribution in [1.29, 1.82) is 0 Å². The molecular weight excluding hydrogens is 821 g/mol. The Bertz CT molecular complexity index is 3300. The van der Waals surface area contributed by atoms with Gasteiger partial charge in [0, 0.05) is 34.1 Å². The molecular formula is C66H50N2. The van der Waals surface area contributed by atoms with E-state index in [0.717, 1.165) is 78.7 Å². The predicted molar refractivity (Wildman–Crippen MR) is 291 cm³/mol. The van der Waals surface area contributed by atoms with Crippen LogP contribution in [-0.2, 0) is 0 Å². The van der Waals surface area contributed by atoms with Crippen molar-refractivity contribution in [3.63, 3.8) is 0 Å². The molecule has 0 aromatic heterocycles. The van der Waals surface area contributed by atoms with Gasteiger partial charge in [-0.2, -0.15) is 0 Å². The average Bonchev–Trinajstić information content (AvgIpc) is 3.42. The van der Waals surface area contributed by atoms with Crippen molar-refractivity contribution in [2.45, 2.75) is 0 Å². The maximum Gasteiger partial charge on any atom is 0.0462 e. The summed E-state index contributed by atoms with van der Waals surface area (Å²) in [6.07, 6.45) is 3.93. The smallest absolute Gasteiger partial charge is 0.0462 e. The zero-order chi connectivity index (χ0) is 46.1. The van der Waals surface area contributed by atoms with Gasteiger partial charge in [-0.1, -0.05) is 219 Å². The fourth-order valence-electron chi connectivity index (χ4n) is 9.17. The molecule has 0 radical (unpaired) electrons. The van der Waals surface area contributed by atoms with Gasteiger partial charge in [-0.25, -0.2) is 0 Å². The number of benzene rings is 10. The third-order valence-electron chi connectivity index (χ3n) is 12.5. The van der Waals surface area contributed by atoms with Crippen LogP contribution < -0.4 is 9.80 Å². The van der Waals surface area contributed by atoms with Gasteiger partial charge in [0.25, 0.3) is 0 Å². The lowest BCUT2D eigenvalue weighted by molar-refractivity contribution is 1.28. The van der Waals surface area contributed by atoms with Gasteiger partial charge >= 0.3 is 0 Å². The molecule has 0 saturated carbocycles. The van der Waals surface area contributed by atoms with Crippen LogP contribution in [0.4, 0.5) is 34.1 Å². The van der Waals surface area contributed by atoms with Gasteiger partial charge in [0.2, 0.25) is 0 Å². The number of allylic oxidation sites excluding steroid dienone is 4. The minimum atomic E-state index is 1.01. The molecule has 10 rings (SSSR count). The highest BCUT2D eigenvalue weighted by Gasteiger charge is 2.18. The molecule has 0 aliphatic heterocycles. The molecule has 0 aliphatic carbocycles. The van der Waals surface area contributed by atoms with Gasteiger partial charge in [-0.3, -0.25) is 0 Å². The Labute approximate surface area is 401 Å². The highest BCUT2D eigenvalue weighted by atomic mass is 15.1. The topological polar surface area (TPSA) is 6.48 Å². The molecule has 10 aromatic rings. The zero-order valence-corrected chi connectivity index (χ0v) is 37.9. The molecule has 0 saturated heterocycles. The van der Waals surface area contributed by atoms with Crippen molar-refractivity contribution in [2.24, 2.45) is 0 Å². The minimum Gasteiger partial charge on any atom is -0.311 e. The molecule has 0 N–H and O–H groups in total. The van der Waals surface area contributed by atoms with Crippen LogP contribution in [0, 0.1) is 0 Å². The molecule has 0 aliphatic rings. The summed E-state index contributed by atoms with van der Waals surface area (Å²) >= 11 is 0. The summed E-state index contributed by atoms with van der Waals surface area (Å²) in [4.78, 5) is 4.61. The molecule has 10 aromatic carbocycles. The molecule has 2 nitrogen and oxygen atoms in total. The summed E-state index contributed by atoms with van der Waals surface area (Å²) in [6, 6.07) is 94.7. The number of nitrogens with zero attached hydrogens (tertiary/aromatic N) is 2. The molecule has 0 bridgehead atoms. The second-order valence-electron chi connectivity index (χ2n) is 16.6. The summed E-state index contributed by atoms with van der Waals surface area (Å²) in [7, 11) is 0. The Morgan fingerprint density at radius 3 is 0.985 bits per heavy atom. The van der Waals surface area contributed by atoms with E-state index in [2.05, 4.69) is 290 Å². The third-order valence-corrected chi connectivity index (χ3v) is 12.5. The van der Waals surface area contributed by atoms with Crippen LogP contribution in [0.5, 0.6) is 0 Å². The highest BCUT2D eigenvalue weighted by Crippen LogP contribution is 2.42. The molecule has 2 heteroatoms. The maximum atomic E-state index is 4.38. The highest BCUT2D eigenvalue weighted by molar-refractivity contribution is 6.04. The number of rotatable bonds is 14. The Morgan fingerprint density at radius 2 is 0.559 bits per heavy atom. The van der Waals surface area contributed by atoms with E-state index >= 15 is 0 Å². The van der Waals surface area contributed by atoms with Crippen LogP contribution in [0.15, 0.2) is 292 Å². The normalized spacial score (nSPS) is 11.3. The summed E-state index contributed by atoms with van der Waals surface area (Å²) in [6.45, 7) is 8.73. The van der Waals surface area contributed by atoms with E-state index in [1.54, 1.807) is 0 Å². The maximum absolute atomic E-state index is 4.38. The first-order chi connectivity index (χ1) is 33.7. The Balaban J connectivity index is 0.977. The Morgan fingerprint density at radius 1 is 0.250 bits per heavy atom. The van der Waals surface area contributed by atoms with E-state index in [-0.39, 0.29) is 0 Å². The Hall–Kier alpha value is -8.98. The van der Waals surface area contributed by atoms with Crippen LogP contribution in [0.3, 0.4) is 0 Å². The van der Waals surface area contributed by atoms with Crippen molar-refractivity contribution < 1.29 is 0 Å². The number of para-hydroxylation sites is 2. The Kier molecular flexibility index (Phi) is 12.7. The lowest BCUT2D eigenvalue weighted by atomic mass is 9.86. The van der Waals surface area contributed by atoms with Gasteiger partial charge in [-0.15, -0.1) is 0 Å². The van der Waals surface area contributed by atoms with Crippen LogP contribution in [-0.4, -0.2) is 0 Å². The fraction of sp³-hybridized carbons (Fsp3) is 0. The van der Waals surface area contributed by atoms with E-state index < -0.39 is 0 Å². The lowest BCUT2D eigenvalue weighted by Gasteiger charge is -2.26. The van der Waals surface area contributed by atoms with Crippen molar-refractivity contribution in [3.05, 3.63) is 303 Å². The molecule has 0 fully saturated rings. The first-order valence-corrected chi connectivity index (χ1v) is 23.1. The fourth-order valence-corrected chi connectivity index (χ4v) is 9.17. The number of anilines is 6. The van der Waals surface area contributed by atoms with E-state index in [0.29, 0.717) is 0 Å². The lowest BCUT2D eigenvalue weighted by Crippen LogP contribution is -2.09. The van der Waals surface area contributed by atoms with Crippen molar-refractivity contribution in [1.82, 2.24) is 0 Å². The molecule has 0 amide bonds. The van der Waals surface area contributed by atoms with E-state index in [9.17, 15) is 0 Å². The van der Waals surface area contributed by atoms with E-state index in [1.165, 1.54) is 22.3 Å². The SMILES string of the molecule is C=C/C(=C(\C=C)c1ccccc1-c1ccccc1-c1ccc(N(c2ccccc2)c2ccc(-c3ccccc3)cc2)cc1)c1ccc(N(c2ccccc2)c2ccc(-c3ccccc3)cc2)cc1. The van der Waals surface area contributed by atoms with Crippen molar-refractivity contribution >= 4 is 45.3 Å². The summed E-state index contributed by atoms with van der Waals surface area (Å²) in [5.74, 6) is 0. The number of hydrogen-bond donors (Lipinski definition) is 0. The first kappa shape index (κ1) is 42.9. The largest absolute Gasteiger partial charge is 0.311 e. The molecule has 0 heterocycles. The van der Waals surface area contributed by atoms with E-state index in [1.807, 2.05) is 12.2 Å². The summed E-state index contributed by atoms with van der Waals surface area (Å²) < 4.78 is 0. The van der Waals surface area contributed by atoms with E-state index in [4.69, 9.17) is 0 Å². The van der Waals surface area contributed by atoms with Crippen molar-refractivity contribution in [3.8, 4) is 44.5 Å². The van der Waals surface area contributed by atoms with Gasteiger partial charge in [0.05, 0.1) is 0 Å². The summed E-state index contributed by atoms with van der Waals surface area (Å²) in [5.41, 5.74) is 20.0. The van der Waals surface area contributed by atoms with Crippen LogP contribution in [0.2, 0.25) is 0 Å². The van der Waals surface area contributed by atoms with Crippen molar-refractivity contribution in [2.75, 3.05) is 9.80 Å². The number of hydrogen-bond acceptors (Lipinski definition) is 2. The molecule has 0 unspecified atom stereocenters. The first-order valence-electron chi connectivity index (χ1n) is 23.1. The van der Waals surface area contributed by atoms with Crippen LogP contribution in [0.25, 0.3) is 55.7 Å². The monoisotopic (exact) mass is 870 g/mol. The van der Waals surface area contributed by atoms with Gasteiger partial charge in [0.1, 0.15) is 0 Å². The van der Waals surface area contributed by atoms with Gasteiger partial charge in [-0.05, 0) is 140 Å². The summed E-state index contributed by atoms with van der Waals surface area (Å²) in [5, 5.41) is 0. The molecule has 0 atom stereocenters. The van der Waals surface area contributed by atoms with Crippen LogP contribution in [0.1, 0.15) is 11.1 Å². The second-order valence-corrected chi connectivity index (χ2v) is 16.6. The van der Waals surface area contributed by atoms with Gasteiger partial charge < -0.3 is 9.80 Å². The third kappa shape index (κ3) is 9.00. The minimum absolute atomic E-state index is 1.01. The van der Waals surface area contributed by atoms with Crippen LogP contribution >= 0.6 is 0 Å². The average molecular weight is 871 g/mol. The molecule has 68 heavy (non-hydrogen) atoms. The van der Waals surface area contributed by atoms with Gasteiger partial charge in [0.15, 0.2) is 0 Å². The quantitative estimate of drug-likeness (QED) is 0.0793. The standard InChI is InChI=1S/C66H50N2/c1-3-61(53-37-45-59(46-38-53)67(55-25-13-7-14-26-55)57-41-33-51(34-42-57)49-21-9-5-10-22-49)62(4-2)64-30-19-20-32-66(64)65-31-18-17-29-63(65)54-39-47-60(48-40-54)68(56-27-15-8-16-28-56)58-43-35-52(36-44-58)50-23-11-6-12-24-50/h3-48H,1-2H2/b62-61-.